The number of anilines is 3. The summed E-state index contributed by atoms with van der Waals surface area (Å²) in [6.45, 7) is 0. The van der Waals surface area contributed by atoms with E-state index in [0.29, 0.717) is 6.29 Å². The predicted molar refractivity (Wildman–Crippen MR) is 107 cm³/mol. The molecule has 1 aromatic heterocycles. The molecular weight excluding hydrogens is 442 g/mol. The number of hydrogen-bond donors (Lipinski definition) is 3. The highest BCUT2D eigenvalue weighted by Crippen LogP contribution is 2.31. The van der Waals surface area contributed by atoms with Crippen LogP contribution in [0.25, 0.3) is 0 Å². The number of nitrogen functional groups attached to an aromatic ring is 1. The van der Waals surface area contributed by atoms with Crippen LogP contribution in [-0.4, -0.2) is 22.3 Å². The molecule has 0 aliphatic carbocycles. The molecule has 0 atom stereocenters. The molecule has 162 valence electrons. The lowest BCUT2D eigenvalue weighted by molar-refractivity contribution is 0.0697. The number of benzene rings is 2. The number of nitrogens with one attached hydrogen (secondary N) is 1. The summed E-state index contributed by atoms with van der Waals surface area (Å²) in [5.41, 5.74) is 2.88. The molecule has 0 aliphatic rings. The highest BCUT2D eigenvalue weighted by atomic mass is 35.5. The number of aldehydes is 1. The van der Waals surface area contributed by atoms with Gasteiger partial charge in [-0.2, -0.15) is 0 Å². The third kappa shape index (κ3) is 4.75. The van der Waals surface area contributed by atoms with Gasteiger partial charge in [0.2, 0.25) is 0 Å². The third-order valence-corrected chi connectivity index (χ3v) is 4.28. The van der Waals surface area contributed by atoms with Crippen LogP contribution in [0.4, 0.5) is 34.8 Å². The van der Waals surface area contributed by atoms with Crippen LogP contribution in [0.1, 0.15) is 31.8 Å². The summed E-state index contributed by atoms with van der Waals surface area (Å²) in [6.07, 6.45) is 1.06. The minimum atomic E-state index is -1.63. The molecule has 0 fully saturated rings. The van der Waals surface area contributed by atoms with Crippen LogP contribution in [0, 0.1) is 23.3 Å². The van der Waals surface area contributed by atoms with Crippen molar-refractivity contribution in [2.24, 2.45) is 0 Å². The molecule has 0 saturated heterocycles. The molecule has 4 N–H and O–H groups in total. The van der Waals surface area contributed by atoms with Crippen LogP contribution in [-0.2, 0) is 6.42 Å². The van der Waals surface area contributed by atoms with Crippen molar-refractivity contribution in [2.45, 2.75) is 6.42 Å². The average Bonchev–Trinajstić information content (AvgIpc) is 2.71. The SMILES string of the molecule is Cl.Nc1nccc(Cc2cc(C(=O)O)c(Nc3ccc(C=O)cc3F)c(F)c2F)c1F. The molecule has 0 aliphatic heterocycles. The van der Waals surface area contributed by atoms with Crippen LogP contribution in [0.2, 0.25) is 0 Å². The quantitative estimate of drug-likeness (QED) is 0.373. The first kappa shape index (κ1) is 23.6. The maximum absolute atomic E-state index is 14.7. The monoisotopic (exact) mass is 455 g/mol. The van der Waals surface area contributed by atoms with E-state index in [-0.39, 0.29) is 29.2 Å². The zero-order valence-corrected chi connectivity index (χ0v) is 16.3. The number of aromatic nitrogens is 1. The molecule has 1 heterocycles. The van der Waals surface area contributed by atoms with Gasteiger partial charge in [-0.3, -0.25) is 4.79 Å². The summed E-state index contributed by atoms with van der Waals surface area (Å²) >= 11 is 0. The predicted octanol–water partition coefficient (Wildman–Crippen LogP) is 4.49. The molecule has 0 radical (unpaired) electrons. The second kappa shape index (κ2) is 9.43. The molecule has 0 amide bonds. The van der Waals surface area contributed by atoms with Gasteiger partial charge in [0.05, 0.1) is 16.9 Å². The summed E-state index contributed by atoms with van der Waals surface area (Å²) in [5.74, 6) is -7.02. The Hall–Kier alpha value is -3.66. The summed E-state index contributed by atoms with van der Waals surface area (Å²) in [4.78, 5) is 25.8. The number of hydrogen-bond acceptors (Lipinski definition) is 5. The van der Waals surface area contributed by atoms with E-state index in [0.717, 1.165) is 18.2 Å². The number of nitrogens with zero attached hydrogens (tertiary/aromatic N) is 1. The van der Waals surface area contributed by atoms with Gasteiger partial charge >= 0.3 is 5.97 Å². The van der Waals surface area contributed by atoms with Gasteiger partial charge in [-0.05, 0) is 41.5 Å². The summed E-state index contributed by atoms with van der Waals surface area (Å²) in [6, 6.07) is 5.13. The van der Waals surface area contributed by atoms with Gasteiger partial charge in [-0.1, -0.05) is 0 Å². The van der Waals surface area contributed by atoms with Gasteiger partial charge in [0.25, 0.3) is 0 Å². The van der Waals surface area contributed by atoms with E-state index in [9.17, 15) is 32.3 Å². The molecule has 3 rings (SSSR count). The second-order valence-electron chi connectivity index (χ2n) is 6.22. The number of nitrogens with two attached hydrogens (primary N) is 1. The fourth-order valence-electron chi connectivity index (χ4n) is 2.78. The molecule has 0 unspecified atom stereocenters. The number of carboxylic acid groups (broad SMARTS) is 1. The molecule has 6 nitrogen and oxygen atoms in total. The third-order valence-electron chi connectivity index (χ3n) is 4.28. The van der Waals surface area contributed by atoms with Gasteiger partial charge < -0.3 is 16.2 Å². The first-order valence-corrected chi connectivity index (χ1v) is 8.37. The molecule has 11 heteroatoms. The molecule has 3 aromatic rings. The van der Waals surface area contributed by atoms with Crippen LogP contribution < -0.4 is 11.1 Å². The van der Waals surface area contributed by atoms with Crippen molar-refractivity contribution in [3.63, 3.8) is 0 Å². The lowest BCUT2D eigenvalue weighted by atomic mass is 10.00. The van der Waals surface area contributed by atoms with E-state index < -0.39 is 58.3 Å². The first-order valence-electron chi connectivity index (χ1n) is 8.37. The number of pyridine rings is 1. The number of carbonyl (C=O) groups excluding carboxylic acids is 1. The molecule has 0 saturated carbocycles. The van der Waals surface area contributed by atoms with E-state index in [2.05, 4.69) is 10.3 Å². The van der Waals surface area contributed by atoms with Crippen LogP contribution in [0.5, 0.6) is 0 Å². The van der Waals surface area contributed by atoms with Crippen molar-refractivity contribution in [3.05, 3.63) is 82.1 Å². The van der Waals surface area contributed by atoms with Gasteiger partial charge in [0, 0.05) is 18.2 Å². The lowest BCUT2D eigenvalue weighted by Gasteiger charge is -2.15. The number of rotatable bonds is 6. The molecule has 0 bridgehead atoms. The zero-order chi connectivity index (χ0) is 22.0. The highest BCUT2D eigenvalue weighted by molar-refractivity contribution is 5.96. The lowest BCUT2D eigenvalue weighted by Crippen LogP contribution is -2.11. The van der Waals surface area contributed by atoms with E-state index in [4.69, 9.17) is 5.73 Å². The fourth-order valence-corrected chi connectivity index (χ4v) is 2.78. The van der Waals surface area contributed by atoms with Crippen molar-refractivity contribution in [3.8, 4) is 0 Å². The first-order chi connectivity index (χ1) is 14.2. The van der Waals surface area contributed by atoms with Crippen molar-refractivity contribution in [2.75, 3.05) is 11.1 Å². The van der Waals surface area contributed by atoms with E-state index in [1.807, 2.05) is 0 Å². The topological polar surface area (TPSA) is 105 Å². The van der Waals surface area contributed by atoms with E-state index in [1.165, 1.54) is 18.3 Å². The smallest absolute Gasteiger partial charge is 0.337 e. The van der Waals surface area contributed by atoms with Crippen LogP contribution >= 0.6 is 12.4 Å². The van der Waals surface area contributed by atoms with Crippen molar-refractivity contribution >= 4 is 41.9 Å². The Morgan fingerprint density at radius 3 is 2.39 bits per heavy atom. The Morgan fingerprint density at radius 2 is 1.77 bits per heavy atom. The minimum absolute atomic E-state index is 0. The molecule has 0 spiro atoms. The Morgan fingerprint density at radius 1 is 1.06 bits per heavy atom. The minimum Gasteiger partial charge on any atom is -0.478 e. The molecular formula is C20H14ClF4N3O3. The Kier molecular flexibility index (Phi) is 7.19. The van der Waals surface area contributed by atoms with Gasteiger partial charge in [0.1, 0.15) is 12.1 Å². The Bertz CT molecular complexity index is 1170. The average molecular weight is 456 g/mol. The van der Waals surface area contributed by atoms with Gasteiger partial charge in [0.15, 0.2) is 23.3 Å². The normalized spacial score (nSPS) is 10.3. The van der Waals surface area contributed by atoms with Crippen molar-refractivity contribution in [1.29, 1.82) is 0 Å². The van der Waals surface area contributed by atoms with Crippen molar-refractivity contribution < 1.29 is 32.3 Å². The zero-order valence-electron chi connectivity index (χ0n) is 15.5. The van der Waals surface area contributed by atoms with Gasteiger partial charge in [-0.25, -0.2) is 27.3 Å². The Labute approximate surface area is 179 Å². The van der Waals surface area contributed by atoms with Gasteiger partial charge in [-0.15, -0.1) is 12.4 Å². The number of carboxylic acids is 1. The number of aromatic carboxylic acids is 1. The summed E-state index contributed by atoms with van der Waals surface area (Å²) < 4.78 is 57.5. The van der Waals surface area contributed by atoms with Crippen LogP contribution in [0.15, 0.2) is 36.5 Å². The highest BCUT2D eigenvalue weighted by Gasteiger charge is 2.24. The molecule has 31 heavy (non-hydrogen) atoms. The largest absolute Gasteiger partial charge is 0.478 e. The molecule has 2 aromatic carbocycles. The van der Waals surface area contributed by atoms with Crippen molar-refractivity contribution in [1.82, 2.24) is 4.98 Å². The Balaban J connectivity index is 0.00000341. The number of halogens is 5. The second-order valence-corrected chi connectivity index (χ2v) is 6.22. The maximum Gasteiger partial charge on any atom is 0.337 e. The maximum atomic E-state index is 14.7. The van der Waals surface area contributed by atoms with Crippen LogP contribution in [0.3, 0.4) is 0 Å². The summed E-state index contributed by atoms with van der Waals surface area (Å²) in [7, 11) is 0. The number of carbonyl (C=O) groups is 2. The standard InChI is InChI=1S/C20H13F4N3O3.ClH/c21-13-5-9(8-28)1-2-14(13)27-18-12(20(29)30)7-11(15(22)17(18)24)6-10-3-4-26-19(25)16(10)23;/h1-5,7-8,27H,6H2,(H2,25,26)(H,29,30);1H. The van der Waals surface area contributed by atoms with E-state index >= 15 is 0 Å². The summed E-state index contributed by atoms with van der Waals surface area (Å²) in [5, 5.41) is 11.6. The van der Waals surface area contributed by atoms with E-state index in [1.54, 1.807) is 0 Å². The fraction of sp³-hybridized carbons (Fsp3) is 0.0500.